The highest BCUT2D eigenvalue weighted by atomic mass is 32.2. The Morgan fingerprint density at radius 1 is 1.27 bits per heavy atom. The van der Waals surface area contributed by atoms with Crippen LogP contribution in [0, 0.1) is 6.92 Å². The molecule has 0 radical (unpaired) electrons. The second kappa shape index (κ2) is 7.98. The normalized spacial score (nSPS) is 14.5. The molecule has 2 rings (SSSR count). The molecule has 5 nitrogen and oxygen atoms in total. The van der Waals surface area contributed by atoms with Crippen LogP contribution in [0.3, 0.4) is 0 Å². The molecular formula is C16H20N2O3S. The summed E-state index contributed by atoms with van der Waals surface area (Å²) in [5.74, 6) is -0.00829. The van der Waals surface area contributed by atoms with Crippen molar-refractivity contribution in [1.82, 2.24) is 10.2 Å². The average molecular weight is 320 g/mol. The number of thioether (sulfide) groups is 1. The largest absolute Gasteiger partial charge is 0.354 e. The first-order chi connectivity index (χ1) is 10.6. The molecule has 1 saturated heterocycles. The summed E-state index contributed by atoms with van der Waals surface area (Å²) in [5.41, 5.74) is 2.45. The summed E-state index contributed by atoms with van der Waals surface area (Å²) in [7, 11) is 0. The SMILES string of the molecule is Cc1ccc(CCCC(=O)NCCN2C(=O)CSC2=O)cc1. The van der Waals surface area contributed by atoms with Crippen LogP contribution in [0.1, 0.15) is 24.0 Å². The molecule has 1 aromatic carbocycles. The highest BCUT2D eigenvalue weighted by molar-refractivity contribution is 8.14. The van der Waals surface area contributed by atoms with Crippen molar-refractivity contribution in [2.75, 3.05) is 18.8 Å². The fourth-order valence-corrected chi connectivity index (χ4v) is 2.95. The molecule has 3 amide bonds. The van der Waals surface area contributed by atoms with Gasteiger partial charge in [0.1, 0.15) is 0 Å². The second-order valence-corrected chi connectivity index (χ2v) is 6.22. The minimum absolute atomic E-state index is 0.0427. The third-order valence-electron chi connectivity index (χ3n) is 3.49. The molecule has 0 spiro atoms. The van der Waals surface area contributed by atoms with Crippen molar-refractivity contribution in [2.45, 2.75) is 26.2 Å². The Hall–Kier alpha value is -1.82. The molecule has 1 aromatic rings. The van der Waals surface area contributed by atoms with Crippen molar-refractivity contribution in [1.29, 1.82) is 0 Å². The topological polar surface area (TPSA) is 66.5 Å². The molecule has 1 N–H and O–H groups in total. The standard InChI is InChI=1S/C16H20N2O3S/c1-12-5-7-13(8-6-12)3-2-4-14(19)17-9-10-18-15(20)11-22-16(18)21/h5-8H,2-4,9-11H2,1H3,(H,17,19). The summed E-state index contributed by atoms with van der Waals surface area (Å²) in [5, 5.41) is 2.53. The first-order valence-electron chi connectivity index (χ1n) is 7.35. The number of amides is 3. The number of aryl methyl sites for hydroxylation is 2. The van der Waals surface area contributed by atoms with E-state index in [1.54, 1.807) is 0 Å². The Balaban J connectivity index is 1.61. The van der Waals surface area contributed by atoms with Gasteiger partial charge in [0.25, 0.3) is 5.24 Å². The van der Waals surface area contributed by atoms with Gasteiger partial charge in [-0.2, -0.15) is 0 Å². The van der Waals surface area contributed by atoms with Gasteiger partial charge in [-0.1, -0.05) is 41.6 Å². The lowest BCUT2D eigenvalue weighted by molar-refractivity contribution is -0.125. The van der Waals surface area contributed by atoms with Gasteiger partial charge < -0.3 is 5.32 Å². The molecule has 0 saturated carbocycles. The van der Waals surface area contributed by atoms with E-state index in [0.29, 0.717) is 13.0 Å². The average Bonchev–Trinajstić information content (AvgIpc) is 2.81. The monoisotopic (exact) mass is 320 g/mol. The predicted octanol–water partition coefficient (Wildman–Crippen LogP) is 2.13. The first kappa shape index (κ1) is 16.5. The van der Waals surface area contributed by atoms with Crippen LogP contribution in [-0.2, 0) is 16.0 Å². The number of nitrogens with zero attached hydrogens (tertiary/aromatic N) is 1. The third-order valence-corrected chi connectivity index (χ3v) is 4.35. The summed E-state index contributed by atoms with van der Waals surface area (Å²) >= 11 is 1.01. The lowest BCUT2D eigenvalue weighted by Crippen LogP contribution is -2.37. The molecule has 6 heteroatoms. The zero-order valence-corrected chi connectivity index (χ0v) is 13.4. The van der Waals surface area contributed by atoms with Gasteiger partial charge in [0.15, 0.2) is 0 Å². The number of rotatable bonds is 7. The second-order valence-electron chi connectivity index (χ2n) is 5.29. The van der Waals surface area contributed by atoms with Crippen molar-refractivity contribution in [3.8, 4) is 0 Å². The van der Waals surface area contributed by atoms with E-state index in [4.69, 9.17) is 0 Å². The minimum Gasteiger partial charge on any atom is -0.354 e. The zero-order valence-electron chi connectivity index (χ0n) is 12.6. The van der Waals surface area contributed by atoms with Gasteiger partial charge in [0.2, 0.25) is 11.8 Å². The van der Waals surface area contributed by atoms with Crippen molar-refractivity contribution < 1.29 is 14.4 Å². The quantitative estimate of drug-likeness (QED) is 0.836. The number of carbonyl (C=O) groups is 3. The molecule has 1 fully saturated rings. The van der Waals surface area contributed by atoms with Crippen molar-refractivity contribution in [2.24, 2.45) is 0 Å². The number of carbonyl (C=O) groups excluding carboxylic acids is 3. The van der Waals surface area contributed by atoms with Gasteiger partial charge in [-0.3, -0.25) is 19.3 Å². The van der Waals surface area contributed by atoms with Crippen LogP contribution >= 0.6 is 11.8 Å². The van der Waals surface area contributed by atoms with Crippen LogP contribution in [-0.4, -0.2) is 40.8 Å². The van der Waals surface area contributed by atoms with Crippen molar-refractivity contribution in [3.63, 3.8) is 0 Å². The molecule has 0 aromatic heterocycles. The van der Waals surface area contributed by atoms with Gasteiger partial charge in [-0.25, -0.2) is 0 Å². The van der Waals surface area contributed by atoms with E-state index in [1.807, 2.05) is 6.92 Å². The van der Waals surface area contributed by atoms with E-state index in [-0.39, 0.29) is 29.4 Å². The molecule has 1 aliphatic heterocycles. The van der Waals surface area contributed by atoms with E-state index in [0.717, 1.165) is 24.6 Å². The highest BCUT2D eigenvalue weighted by Gasteiger charge is 2.29. The van der Waals surface area contributed by atoms with Crippen LogP contribution in [0.4, 0.5) is 4.79 Å². The Labute approximate surface area is 134 Å². The number of benzene rings is 1. The van der Waals surface area contributed by atoms with Crippen LogP contribution in [0.25, 0.3) is 0 Å². The van der Waals surface area contributed by atoms with E-state index < -0.39 is 0 Å². The number of imide groups is 1. The number of hydrogen-bond donors (Lipinski definition) is 1. The fourth-order valence-electron chi connectivity index (χ4n) is 2.20. The molecule has 22 heavy (non-hydrogen) atoms. The molecular weight excluding hydrogens is 300 g/mol. The van der Waals surface area contributed by atoms with Crippen LogP contribution in [0.2, 0.25) is 0 Å². The maximum atomic E-state index is 11.7. The maximum absolute atomic E-state index is 11.7. The predicted molar refractivity (Wildman–Crippen MR) is 86.7 cm³/mol. The maximum Gasteiger partial charge on any atom is 0.288 e. The molecule has 0 aliphatic carbocycles. The highest BCUT2D eigenvalue weighted by Crippen LogP contribution is 2.17. The number of hydrogen-bond acceptors (Lipinski definition) is 4. The molecule has 1 heterocycles. The Morgan fingerprint density at radius 2 is 2.00 bits per heavy atom. The van der Waals surface area contributed by atoms with E-state index in [9.17, 15) is 14.4 Å². The number of nitrogens with one attached hydrogen (secondary N) is 1. The summed E-state index contributed by atoms with van der Waals surface area (Å²) in [4.78, 5) is 35.7. The Morgan fingerprint density at radius 3 is 2.64 bits per heavy atom. The summed E-state index contributed by atoms with van der Waals surface area (Å²) < 4.78 is 0. The van der Waals surface area contributed by atoms with Crippen molar-refractivity contribution >= 4 is 28.8 Å². The van der Waals surface area contributed by atoms with E-state index in [2.05, 4.69) is 29.6 Å². The van der Waals surface area contributed by atoms with Crippen molar-refractivity contribution in [3.05, 3.63) is 35.4 Å². The summed E-state index contributed by atoms with van der Waals surface area (Å²) in [6.45, 7) is 2.63. The van der Waals surface area contributed by atoms with Crippen LogP contribution in [0.5, 0.6) is 0 Å². The molecule has 0 unspecified atom stereocenters. The zero-order chi connectivity index (χ0) is 15.9. The minimum atomic E-state index is -0.223. The third kappa shape index (κ3) is 4.87. The van der Waals surface area contributed by atoms with Gasteiger partial charge in [0, 0.05) is 19.5 Å². The Bertz CT molecular complexity index is 541. The van der Waals surface area contributed by atoms with Gasteiger partial charge in [-0.15, -0.1) is 0 Å². The summed E-state index contributed by atoms with van der Waals surface area (Å²) in [6.07, 6.45) is 2.10. The van der Waals surface area contributed by atoms with Crippen LogP contribution < -0.4 is 5.32 Å². The smallest absolute Gasteiger partial charge is 0.288 e. The van der Waals surface area contributed by atoms with Gasteiger partial charge >= 0.3 is 0 Å². The molecule has 118 valence electrons. The van der Waals surface area contributed by atoms with Gasteiger partial charge in [-0.05, 0) is 25.3 Å². The molecule has 0 bridgehead atoms. The van der Waals surface area contributed by atoms with Gasteiger partial charge in [0.05, 0.1) is 5.75 Å². The van der Waals surface area contributed by atoms with Crippen LogP contribution in [0.15, 0.2) is 24.3 Å². The first-order valence-corrected chi connectivity index (χ1v) is 8.34. The summed E-state index contributed by atoms with van der Waals surface area (Å²) in [6, 6.07) is 8.29. The lowest BCUT2D eigenvalue weighted by atomic mass is 10.1. The molecule has 0 atom stereocenters. The lowest BCUT2D eigenvalue weighted by Gasteiger charge is -2.13. The fraction of sp³-hybridized carbons (Fsp3) is 0.438. The van der Waals surface area contributed by atoms with E-state index in [1.165, 1.54) is 16.0 Å². The Kier molecular flexibility index (Phi) is 6.00. The van der Waals surface area contributed by atoms with E-state index >= 15 is 0 Å². The molecule has 1 aliphatic rings.